The molecule has 1 aliphatic carbocycles. The number of fused-ring (bicyclic) bond motifs is 2. The Balaban J connectivity index is 1.65. The Kier molecular flexibility index (Phi) is 2.58. The molecule has 0 bridgehead atoms. The normalized spacial score (nSPS) is 24.4. The Bertz CT molecular complexity index is 715. The van der Waals surface area contributed by atoms with Gasteiger partial charge in [-0.05, 0) is 37.0 Å². The van der Waals surface area contributed by atoms with Crippen LogP contribution in [0.4, 0.5) is 11.4 Å². The van der Waals surface area contributed by atoms with Crippen LogP contribution in [0.3, 0.4) is 0 Å². The van der Waals surface area contributed by atoms with Crippen LogP contribution in [-0.2, 0) is 6.42 Å². The molecule has 2 heteroatoms. The highest BCUT2D eigenvalue weighted by Gasteiger charge is 2.50. The van der Waals surface area contributed by atoms with E-state index in [4.69, 9.17) is 0 Å². The molecule has 1 fully saturated rings. The van der Waals surface area contributed by atoms with Gasteiger partial charge < -0.3 is 10.2 Å². The van der Waals surface area contributed by atoms with E-state index >= 15 is 0 Å². The van der Waals surface area contributed by atoms with E-state index in [9.17, 15) is 0 Å². The van der Waals surface area contributed by atoms with Crippen molar-refractivity contribution < 1.29 is 0 Å². The Morgan fingerprint density at radius 2 is 1.73 bits per heavy atom. The van der Waals surface area contributed by atoms with Gasteiger partial charge in [0.25, 0.3) is 0 Å². The third kappa shape index (κ3) is 1.61. The minimum absolute atomic E-state index is 0.251. The maximum Gasteiger partial charge on any atom is 0.0792 e. The summed E-state index contributed by atoms with van der Waals surface area (Å²) in [7, 11) is 0. The number of nitrogens with zero attached hydrogens (tertiary/aromatic N) is 1. The summed E-state index contributed by atoms with van der Waals surface area (Å²) in [6, 6.07) is 18.4. The average molecular weight is 290 g/mol. The summed E-state index contributed by atoms with van der Waals surface area (Å²) in [4.78, 5) is 2.68. The quantitative estimate of drug-likeness (QED) is 0.830. The van der Waals surface area contributed by atoms with Crippen LogP contribution in [0.25, 0.3) is 0 Å². The summed E-state index contributed by atoms with van der Waals surface area (Å²) in [5, 5.41) is 3.93. The second-order valence-electron chi connectivity index (χ2n) is 7.05. The average Bonchev–Trinajstić information content (AvgIpc) is 3.25. The van der Waals surface area contributed by atoms with Gasteiger partial charge in [-0.3, -0.25) is 0 Å². The first-order valence-electron chi connectivity index (χ1n) is 8.59. The van der Waals surface area contributed by atoms with Crippen molar-refractivity contribution in [2.45, 2.75) is 43.7 Å². The van der Waals surface area contributed by atoms with Gasteiger partial charge in [-0.15, -0.1) is 0 Å². The number of hydrogen-bond acceptors (Lipinski definition) is 2. The van der Waals surface area contributed by atoms with Crippen LogP contribution >= 0.6 is 0 Å². The molecule has 1 spiro atoms. The molecule has 0 amide bonds. The summed E-state index contributed by atoms with van der Waals surface area (Å²) in [5.74, 6) is 0. The van der Waals surface area contributed by atoms with Crippen LogP contribution in [-0.4, -0.2) is 12.1 Å². The van der Waals surface area contributed by atoms with Gasteiger partial charge in [-0.1, -0.05) is 49.2 Å². The van der Waals surface area contributed by atoms with E-state index in [1.54, 1.807) is 0 Å². The lowest BCUT2D eigenvalue weighted by Crippen LogP contribution is -2.45. The molecular weight excluding hydrogens is 268 g/mol. The topological polar surface area (TPSA) is 15.3 Å². The van der Waals surface area contributed by atoms with Crippen molar-refractivity contribution in [3.63, 3.8) is 0 Å². The Morgan fingerprint density at radius 3 is 2.64 bits per heavy atom. The summed E-state index contributed by atoms with van der Waals surface area (Å²) < 4.78 is 0. The van der Waals surface area contributed by atoms with E-state index in [0.717, 1.165) is 6.54 Å². The molecule has 2 aliphatic heterocycles. The summed E-state index contributed by atoms with van der Waals surface area (Å²) in [6.45, 7) is 1.15. The Labute approximate surface area is 132 Å². The van der Waals surface area contributed by atoms with E-state index in [1.165, 1.54) is 54.6 Å². The third-order valence-corrected chi connectivity index (χ3v) is 5.89. The molecule has 112 valence electrons. The van der Waals surface area contributed by atoms with Gasteiger partial charge in [0, 0.05) is 23.5 Å². The van der Waals surface area contributed by atoms with Crippen LogP contribution in [0.2, 0.25) is 0 Å². The highest BCUT2D eigenvalue weighted by Crippen LogP contribution is 2.54. The lowest BCUT2D eigenvalue weighted by atomic mass is 9.86. The predicted molar refractivity (Wildman–Crippen MR) is 91.5 cm³/mol. The second-order valence-corrected chi connectivity index (χ2v) is 7.05. The number of benzene rings is 2. The molecule has 0 aromatic heterocycles. The standard InChI is InChI=1S/C20H22N2/c1-4-10-18-15(7-1)11-14-22(18)19-16-8-2-3-9-17(16)21-20(19)12-5-6-13-20/h1-4,7-10,19,21H,5-6,11-14H2. The van der Waals surface area contributed by atoms with E-state index in [2.05, 4.69) is 58.7 Å². The van der Waals surface area contributed by atoms with Gasteiger partial charge in [0.15, 0.2) is 0 Å². The van der Waals surface area contributed by atoms with Gasteiger partial charge >= 0.3 is 0 Å². The zero-order chi connectivity index (χ0) is 14.6. The number of rotatable bonds is 1. The van der Waals surface area contributed by atoms with E-state index in [-0.39, 0.29) is 5.54 Å². The molecule has 2 heterocycles. The van der Waals surface area contributed by atoms with Gasteiger partial charge in [0.05, 0.1) is 11.6 Å². The fourth-order valence-electron chi connectivity index (χ4n) is 4.99. The van der Waals surface area contributed by atoms with Gasteiger partial charge in [0.1, 0.15) is 0 Å². The van der Waals surface area contributed by atoms with Crippen molar-refractivity contribution in [2.24, 2.45) is 0 Å². The SMILES string of the molecule is c1ccc2c(c1)CCN2C1c2ccccc2NC12CCCC2. The molecule has 5 rings (SSSR count). The maximum absolute atomic E-state index is 3.93. The van der Waals surface area contributed by atoms with Crippen molar-refractivity contribution in [2.75, 3.05) is 16.8 Å². The molecule has 2 nitrogen and oxygen atoms in total. The fraction of sp³-hybridized carbons (Fsp3) is 0.400. The first-order chi connectivity index (χ1) is 10.9. The summed E-state index contributed by atoms with van der Waals surface area (Å²) in [6.07, 6.45) is 6.49. The van der Waals surface area contributed by atoms with Crippen molar-refractivity contribution in [3.05, 3.63) is 59.7 Å². The number of hydrogen-bond donors (Lipinski definition) is 1. The monoisotopic (exact) mass is 290 g/mol. The first kappa shape index (κ1) is 12.6. The molecule has 3 aliphatic rings. The summed E-state index contributed by atoms with van der Waals surface area (Å²) >= 11 is 0. The smallest absolute Gasteiger partial charge is 0.0792 e. The largest absolute Gasteiger partial charge is 0.377 e. The van der Waals surface area contributed by atoms with Crippen LogP contribution in [0.1, 0.15) is 42.9 Å². The van der Waals surface area contributed by atoms with Crippen LogP contribution in [0, 0.1) is 0 Å². The highest BCUT2D eigenvalue weighted by atomic mass is 15.3. The number of nitrogens with one attached hydrogen (secondary N) is 1. The molecule has 0 radical (unpaired) electrons. The Morgan fingerprint density at radius 1 is 0.955 bits per heavy atom. The van der Waals surface area contributed by atoms with Crippen molar-refractivity contribution >= 4 is 11.4 Å². The van der Waals surface area contributed by atoms with Gasteiger partial charge in [0.2, 0.25) is 0 Å². The molecule has 22 heavy (non-hydrogen) atoms. The van der Waals surface area contributed by atoms with E-state index in [0.29, 0.717) is 6.04 Å². The van der Waals surface area contributed by atoms with Crippen molar-refractivity contribution in [1.29, 1.82) is 0 Å². The van der Waals surface area contributed by atoms with Crippen LogP contribution in [0.15, 0.2) is 48.5 Å². The molecule has 1 unspecified atom stereocenters. The summed E-state index contributed by atoms with van der Waals surface area (Å²) in [5.41, 5.74) is 6.08. The van der Waals surface area contributed by atoms with Crippen LogP contribution < -0.4 is 10.2 Å². The molecule has 1 atom stereocenters. The molecule has 2 aromatic rings. The highest BCUT2D eigenvalue weighted by molar-refractivity contribution is 5.68. The lowest BCUT2D eigenvalue weighted by molar-refractivity contribution is 0.397. The van der Waals surface area contributed by atoms with Gasteiger partial charge in [-0.2, -0.15) is 0 Å². The van der Waals surface area contributed by atoms with Crippen molar-refractivity contribution in [1.82, 2.24) is 0 Å². The van der Waals surface area contributed by atoms with E-state index in [1.807, 2.05) is 0 Å². The maximum atomic E-state index is 3.93. The number of anilines is 2. The fourth-order valence-corrected chi connectivity index (χ4v) is 4.99. The lowest BCUT2D eigenvalue weighted by Gasteiger charge is -2.39. The van der Waals surface area contributed by atoms with Crippen molar-refractivity contribution in [3.8, 4) is 0 Å². The van der Waals surface area contributed by atoms with E-state index < -0.39 is 0 Å². The minimum atomic E-state index is 0.251. The molecular formula is C20H22N2. The second kappa shape index (κ2) is 4.52. The first-order valence-corrected chi connectivity index (χ1v) is 8.59. The zero-order valence-corrected chi connectivity index (χ0v) is 12.9. The third-order valence-electron chi connectivity index (χ3n) is 5.89. The predicted octanol–water partition coefficient (Wildman–Crippen LogP) is 4.53. The molecule has 1 N–H and O–H groups in total. The number of para-hydroxylation sites is 2. The zero-order valence-electron chi connectivity index (χ0n) is 12.9. The van der Waals surface area contributed by atoms with Gasteiger partial charge in [-0.25, -0.2) is 0 Å². The molecule has 0 saturated heterocycles. The molecule has 2 aromatic carbocycles. The Hall–Kier alpha value is -1.96. The van der Waals surface area contributed by atoms with Crippen LogP contribution in [0.5, 0.6) is 0 Å². The molecule has 1 saturated carbocycles. The minimum Gasteiger partial charge on any atom is -0.377 e.